The molecule has 2 heterocycles. The van der Waals surface area contributed by atoms with Crippen LogP contribution in [0.3, 0.4) is 0 Å². The molecule has 2 aliphatic heterocycles. The minimum Gasteiger partial charge on any atom is -0.347 e. The van der Waals surface area contributed by atoms with Crippen LogP contribution in [0, 0.1) is 0 Å². The number of nitrogens with one attached hydrogen (secondary N) is 2. The number of hydrogen-bond acceptors (Lipinski definition) is 4. The molecule has 2 aromatic rings. The second-order valence-electron chi connectivity index (χ2n) is 8.71. The molecule has 33 heavy (non-hydrogen) atoms. The fourth-order valence-corrected chi connectivity index (χ4v) is 4.44. The number of nitrogens with zero attached hydrogens (tertiary/aromatic N) is 2. The molecule has 4 amide bonds. The molecule has 8 nitrogen and oxygen atoms in total. The Labute approximate surface area is 192 Å². The number of fused-ring (bicyclic) bond motifs is 1. The molecule has 4 rings (SSSR count). The molecule has 2 N–H and O–H groups in total. The zero-order valence-electron chi connectivity index (χ0n) is 18.8. The summed E-state index contributed by atoms with van der Waals surface area (Å²) in [6, 6.07) is 15.6. The van der Waals surface area contributed by atoms with E-state index >= 15 is 0 Å². The van der Waals surface area contributed by atoms with Crippen molar-refractivity contribution in [1.82, 2.24) is 15.5 Å². The second kappa shape index (κ2) is 9.44. The Morgan fingerprint density at radius 2 is 1.76 bits per heavy atom. The molecule has 0 aliphatic carbocycles. The molecule has 0 bridgehead atoms. The van der Waals surface area contributed by atoms with Crippen molar-refractivity contribution in [2.24, 2.45) is 0 Å². The van der Waals surface area contributed by atoms with Crippen molar-refractivity contribution in [3.63, 3.8) is 0 Å². The van der Waals surface area contributed by atoms with Crippen LogP contribution in [0.25, 0.3) is 0 Å². The first-order chi connectivity index (χ1) is 15.8. The van der Waals surface area contributed by atoms with Gasteiger partial charge in [-0.15, -0.1) is 0 Å². The van der Waals surface area contributed by atoms with E-state index in [0.29, 0.717) is 18.5 Å². The Kier molecular flexibility index (Phi) is 6.44. The van der Waals surface area contributed by atoms with Crippen LogP contribution in [0.4, 0.5) is 5.69 Å². The second-order valence-corrected chi connectivity index (χ2v) is 8.71. The van der Waals surface area contributed by atoms with E-state index in [0.717, 1.165) is 11.1 Å². The van der Waals surface area contributed by atoms with Crippen LogP contribution in [0.2, 0.25) is 0 Å². The summed E-state index contributed by atoms with van der Waals surface area (Å²) in [5.41, 5.74) is 2.52. The molecular formula is C25H28N4O4. The van der Waals surface area contributed by atoms with E-state index in [-0.39, 0.29) is 42.5 Å². The fourth-order valence-electron chi connectivity index (χ4n) is 4.44. The van der Waals surface area contributed by atoms with Gasteiger partial charge in [0.25, 0.3) is 5.91 Å². The summed E-state index contributed by atoms with van der Waals surface area (Å²) in [4.78, 5) is 54.1. The molecule has 0 spiro atoms. The van der Waals surface area contributed by atoms with Gasteiger partial charge in [-0.3, -0.25) is 19.2 Å². The van der Waals surface area contributed by atoms with E-state index in [4.69, 9.17) is 0 Å². The molecule has 2 aliphatic rings. The summed E-state index contributed by atoms with van der Waals surface area (Å²) in [6.07, 6.45) is 1.19. The van der Waals surface area contributed by atoms with Gasteiger partial charge in [0.2, 0.25) is 17.7 Å². The third-order valence-electron chi connectivity index (χ3n) is 6.29. The van der Waals surface area contributed by atoms with Crippen LogP contribution in [0.15, 0.2) is 54.6 Å². The highest BCUT2D eigenvalue weighted by Gasteiger charge is 2.41. The van der Waals surface area contributed by atoms with Gasteiger partial charge in [0.1, 0.15) is 18.6 Å². The third-order valence-corrected chi connectivity index (χ3v) is 6.29. The molecule has 3 atom stereocenters. The lowest BCUT2D eigenvalue weighted by Crippen LogP contribution is -2.55. The summed E-state index contributed by atoms with van der Waals surface area (Å²) in [5.74, 6) is -1.45. The minimum atomic E-state index is -0.889. The molecule has 0 saturated carbocycles. The maximum absolute atomic E-state index is 13.9. The van der Waals surface area contributed by atoms with Crippen LogP contribution < -0.4 is 15.5 Å². The van der Waals surface area contributed by atoms with Crippen LogP contribution in [-0.2, 0) is 25.6 Å². The molecule has 0 radical (unpaired) electrons. The minimum absolute atomic E-state index is 0.128. The predicted molar refractivity (Wildman–Crippen MR) is 123 cm³/mol. The average Bonchev–Trinajstić information content (AvgIpc) is 3.22. The number of rotatable bonds is 5. The van der Waals surface area contributed by atoms with Crippen molar-refractivity contribution in [2.75, 3.05) is 25.5 Å². The van der Waals surface area contributed by atoms with Gasteiger partial charge in [0.05, 0.1) is 0 Å². The largest absolute Gasteiger partial charge is 0.347 e. The zero-order valence-corrected chi connectivity index (χ0v) is 18.8. The quantitative estimate of drug-likeness (QED) is 0.718. The Balaban J connectivity index is 1.74. The average molecular weight is 449 g/mol. The fraction of sp³-hybridized carbons (Fsp3) is 0.360. The van der Waals surface area contributed by atoms with Crippen molar-refractivity contribution in [1.29, 1.82) is 0 Å². The van der Waals surface area contributed by atoms with E-state index in [1.165, 1.54) is 9.80 Å². The molecular weight excluding hydrogens is 420 g/mol. The van der Waals surface area contributed by atoms with Gasteiger partial charge in [0, 0.05) is 32.1 Å². The Morgan fingerprint density at radius 3 is 2.42 bits per heavy atom. The first-order valence-electron chi connectivity index (χ1n) is 11.1. The predicted octanol–water partition coefficient (Wildman–Crippen LogP) is 1.21. The van der Waals surface area contributed by atoms with Crippen molar-refractivity contribution in [3.8, 4) is 0 Å². The van der Waals surface area contributed by atoms with E-state index in [1.807, 2.05) is 54.6 Å². The van der Waals surface area contributed by atoms with E-state index in [2.05, 4.69) is 10.6 Å². The summed E-state index contributed by atoms with van der Waals surface area (Å²) in [5, 5.41) is 5.58. The molecule has 1 saturated heterocycles. The van der Waals surface area contributed by atoms with Gasteiger partial charge in [-0.1, -0.05) is 48.5 Å². The highest BCUT2D eigenvalue weighted by Crippen LogP contribution is 2.35. The van der Waals surface area contributed by atoms with E-state index < -0.39 is 12.1 Å². The van der Waals surface area contributed by atoms with Crippen molar-refractivity contribution in [2.45, 2.75) is 37.3 Å². The van der Waals surface area contributed by atoms with Crippen LogP contribution in [-0.4, -0.2) is 61.3 Å². The van der Waals surface area contributed by atoms with Gasteiger partial charge >= 0.3 is 0 Å². The van der Waals surface area contributed by atoms with Gasteiger partial charge in [0.15, 0.2) is 0 Å². The molecule has 2 aromatic carbocycles. The zero-order chi connectivity index (χ0) is 23.5. The number of para-hydroxylation sites is 1. The molecule has 172 valence electrons. The van der Waals surface area contributed by atoms with Gasteiger partial charge in [-0.2, -0.15) is 0 Å². The lowest BCUT2D eigenvalue weighted by Gasteiger charge is -2.30. The molecule has 0 aromatic heterocycles. The summed E-state index contributed by atoms with van der Waals surface area (Å²) < 4.78 is 0. The Hall–Kier alpha value is -3.68. The van der Waals surface area contributed by atoms with Gasteiger partial charge in [-0.05, 0) is 30.0 Å². The lowest BCUT2D eigenvalue weighted by atomic mass is 9.86. The van der Waals surface area contributed by atoms with Crippen LogP contribution >= 0.6 is 0 Å². The van der Waals surface area contributed by atoms with Gasteiger partial charge in [-0.25, -0.2) is 0 Å². The number of likely N-dealkylation sites (N-methyl/N-ethyl adjacent to an activating group) is 1. The molecule has 1 fully saturated rings. The highest BCUT2D eigenvalue weighted by molar-refractivity contribution is 6.05. The monoisotopic (exact) mass is 448 g/mol. The number of anilines is 1. The Bertz CT molecular complexity index is 1070. The topological polar surface area (TPSA) is 98.8 Å². The first kappa shape index (κ1) is 22.5. The SMILES string of the molecule is CN(C)C(=O)CN1C(=O)[C@H](NC(=O)[C@@H]2CCC(=O)N2)[C@H](c2ccccc2)Cc2ccccc21. The number of carbonyl (C=O) groups excluding carboxylic acids is 4. The van der Waals surface area contributed by atoms with Crippen molar-refractivity contribution >= 4 is 29.3 Å². The number of hydrogen-bond donors (Lipinski definition) is 2. The van der Waals surface area contributed by atoms with Gasteiger partial charge < -0.3 is 20.4 Å². The Morgan fingerprint density at radius 1 is 1.06 bits per heavy atom. The lowest BCUT2D eigenvalue weighted by molar-refractivity contribution is -0.131. The normalized spacial score (nSPS) is 22.2. The first-order valence-corrected chi connectivity index (χ1v) is 11.1. The maximum Gasteiger partial charge on any atom is 0.250 e. The van der Waals surface area contributed by atoms with Crippen LogP contribution in [0.1, 0.15) is 29.9 Å². The standard InChI is InChI=1S/C25H28N4O4/c1-28(2)22(31)15-29-20-11-7-6-10-17(20)14-18(16-8-4-3-5-9-16)23(25(29)33)27-24(32)19-12-13-21(30)26-19/h3-11,18-19,23H,12-15H2,1-2H3,(H,26,30)(H,27,32)/t18-,19-,23+/m0/s1. The summed E-state index contributed by atoms with van der Waals surface area (Å²) in [6.45, 7) is -0.128. The number of benzene rings is 2. The maximum atomic E-state index is 13.9. The molecule has 0 unspecified atom stereocenters. The summed E-state index contributed by atoms with van der Waals surface area (Å²) >= 11 is 0. The van der Waals surface area contributed by atoms with Crippen LogP contribution in [0.5, 0.6) is 0 Å². The smallest absolute Gasteiger partial charge is 0.250 e. The highest BCUT2D eigenvalue weighted by atomic mass is 16.2. The number of amides is 4. The third kappa shape index (κ3) is 4.74. The molecule has 8 heteroatoms. The summed E-state index contributed by atoms with van der Waals surface area (Å²) in [7, 11) is 3.29. The van der Waals surface area contributed by atoms with Crippen molar-refractivity contribution in [3.05, 3.63) is 65.7 Å². The van der Waals surface area contributed by atoms with E-state index in [9.17, 15) is 19.2 Å². The van der Waals surface area contributed by atoms with E-state index in [1.54, 1.807) is 14.1 Å². The number of carbonyl (C=O) groups is 4. The van der Waals surface area contributed by atoms with Crippen molar-refractivity contribution < 1.29 is 19.2 Å².